The van der Waals surface area contributed by atoms with Crippen LogP contribution in [0.15, 0.2) is 42.0 Å². The maximum absolute atomic E-state index is 2.56. The summed E-state index contributed by atoms with van der Waals surface area (Å²) < 4.78 is 0.654. The monoisotopic (exact) mass is 419 g/mol. The van der Waals surface area contributed by atoms with Crippen LogP contribution in [0.3, 0.4) is 0 Å². The van der Waals surface area contributed by atoms with Crippen LogP contribution in [0.1, 0.15) is 71.3 Å². The molecule has 1 unspecified atom stereocenters. The Balaban J connectivity index is 1.72. The summed E-state index contributed by atoms with van der Waals surface area (Å²) in [7, 11) is 0. The topological polar surface area (TPSA) is 0 Å². The van der Waals surface area contributed by atoms with Gasteiger partial charge >= 0.3 is 174 Å². The summed E-state index contributed by atoms with van der Waals surface area (Å²) in [5, 5.41) is 0. The summed E-state index contributed by atoms with van der Waals surface area (Å²) in [4.78, 5) is 0. The van der Waals surface area contributed by atoms with Gasteiger partial charge in [0.15, 0.2) is 0 Å². The zero-order valence-electron chi connectivity index (χ0n) is 16.4. The summed E-state index contributed by atoms with van der Waals surface area (Å²) in [6, 6.07) is 13.9. The Kier molecular flexibility index (Phi) is 5.13. The van der Waals surface area contributed by atoms with E-state index in [1.165, 1.54) is 66.3 Å². The van der Waals surface area contributed by atoms with Crippen LogP contribution in [0, 0.1) is 19.3 Å². The molecule has 2 aromatic rings. The third-order valence-electron chi connectivity index (χ3n) is 6.38. The molecule has 0 aliphatic heterocycles. The third-order valence-corrected chi connectivity index (χ3v) is 8.05. The van der Waals surface area contributed by atoms with Crippen LogP contribution >= 0.6 is 0 Å². The Hall–Kier alpha value is -0.937. The van der Waals surface area contributed by atoms with Crippen LogP contribution in [0.4, 0.5) is 0 Å². The van der Waals surface area contributed by atoms with Gasteiger partial charge in [0.05, 0.1) is 0 Å². The first kappa shape index (κ1) is 18.4. The Morgan fingerprint density at radius 1 is 1.00 bits per heavy atom. The molecule has 4 rings (SSSR count). The van der Waals surface area contributed by atoms with Crippen molar-refractivity contribution in [2.24, 2.45) is 5.41 Å². The minimum atomic E-state index is 0.529. The van der Waals surface area contributed by atoms with Crippen LogP contribution in [0.2, 0.25) is 0 Å². The second-order valence-corrected chi connectivity index (χ2v) is 10.3. The number of hydrogen-bond acceptors (Lipinski definition) is 0. The fraction of sp³-hybridized carbons (Fsp3) is 0.440. The summed E-state index contributed by atoms with van der Waals surface area (Å²) in [6.45, 7) is 6.94. The molecule has 2 aliphatic rings. The van der Waals surface area contributed by atoms with E-state index in [9.17, 15) is 0 Å². The number of rotatable bonds is 3. The molecule has 1 atom stereocenters. The van der Waals surface area contributed by atoms with Crippen molar-refractivity contribution in [1.29, 1.82) is 0 Å². The van der Waals surface area contributed by atoms with Crippen molar-refractivity contribution in [3.8, 4) is 11.1 Å². The zero-order valence-corrected chi connectivity index (χ0v) is 18.8. The van der Waals surface area contributed by atoms with E-state index in [-0.39, 0.29) is 0 Å². The standard InChI is InChI=1S/C25H29.Zr/c1-18-12-19(2)14-22(13-18)23-9-7-8-21-15-20(16-24(21)23)17-25(3)10-5-4-6-11-25;/h7-9,12-16H,4-6,10-11,17H2,1-3H3;. The molecule has 0 saturated heterocycles. The first-order valence-electron chi connectivity index (χ1n) is 10.1. The summed E-state index contributed by atoms with van der Waals surface area (Å²) in [6.07, 6.45) is 11.0. The van der Waals surface area contributed by atoms with Gasteiger partial charge in [-0.3, -0.25) is 0 Å². The van der Waals surface area contributed by atoms with Gasteiger partial charge in [-0.05, 0) is 0 Å². The zero-order chi connectivity index (χ0) is 18.3. The van der Waals surface area contributed by atoms with E-state index in [2.05, 4.69) is 63.2 Å². The molecule has 0 amide bonds. The average Bonchev–Trinajstić information content (AvgIpc) is 2.90. The van der Waals surface area contributed by atoms with Gasteiger partial charge in [0, 0.05) is 0 Å². The normalized spacial score (nSPS) is 21.3. The van der Waals surface area contributed by atoms with Crippen LogP contribution < -0.4 is 0 Å². The van der Waals surface area contributed by atoms with Gasteiger partial charge in [-0.15, -0.1) is 0 Å². The average molecular weight is 421 g/mol. The molecular weight excluding hydrogens is 391 g/mol. The number of benzene rings is 2. The number of allylic oxidation sites excluding steroid dienone is 1. The van der Waals surface area contributed by atoms with E-state index < -0.39 is 0 Å². The molecule has 1 saturated carbocycles. The van der Waals surface area contributed by atoms with E-state index in [4.69, 9.17) is 0 Å². The molecule has 26 heavy (non-hydrogen) atoms. The third kappa shape index (κ3) is 3.57. The van der Waals surface area contributed by atoms with Crippen molar-refractivity contribution in [2.45, 2.75) is 62.9 Å². The Morgan fingerprint density at radius 2 is 1.69 bits per heavy atom. The molecular formula is C25H29Zr. The summed E-state index contributed by atoms with van der Waals surface area (Å²) in [5.41, 5.74) is 10.8. The fourth-order valence-electron chi connectivity index (χ4n) is 5.07. The van der Waals surface area contributed by atoms with Gasteiger partial charge < -0.3 is 0 Å². The van der Waals surface area contributed by atoms with E-state index in [0.29, 0.717) is 9.04 Å². The van der Waals surface area contributed by atoms with E-state index in [1.54, 1.807) is 35.9 Å². The summed E-state index contributed by atoms with van der Waals surface area (Å²) in [5.74, 6) is 0. The molecule has 1 heteroatoms. The number of hydrogen-bond donors (Lipinski definition) is 0. The molecule has 0 radical (unpaired) electrons. The molecule has 0 spiro atoms. The van der Waals surface area contributed by atoms with E-state index >= 15 is 0 Å². The number of aryl methyl sites for hydroxylation is 2. The fourth-order valence-corrected chi connectivity index (χ4v) is 6.15. The Morgan fingerprint density at radius 3 is 2.38 bits per heavy atom. The molecule has 1 fully saturated rings. The van der Waals surface area contributed by atoms with Crippen molar-refractivity contribution in [3.63, 3.8) is 0 Å². The van der Waals surface area contributed by atoms with Gasteiger partial charge in [0.25, 0.3) is 0 Å². The van der Waals surface area contributed by atoms with Crippen molar-refractivity contribution >= 4 is 6.08 Å². The van der Waals surface area contributed by atoms with Crippen molar-refractivity contribution in [3.05, 3.63) is 64.2 Å². The maximum atomic E-state index is 2.56. The Labute approximate surface area is 174 Å². The van der Waals surface area contributed by atoms with Crippen molar-refractivity contribution < 1.29 is 24.7 Å². The molecule has 0 heterocycles. The Bertz CT molecular complexity index is 832. The van der Waals surface area contributed by atoms with Crippen molar-refractivity contribution in [2.75, 3.05) is 0 Å². The van der Waals surface area contributed by atoms with Crippen LogP contribution in [-0.2, 0) is 24.7 Å². The van der Waals surface area contributed by atoms with E-state index in [1.807, 2.05) is 0 Å². The first-order chi connectivity index (χ1) is 12.5. The predicted molar refractivity (Wildman–Crippen MR) is 108 cm³/mol. The second kappa shape index (κ2) is 7.23. The van der Waals surface area contributed by atoms with E-state index in [0.717, 1.165) is 0 Å². The quantitative estimate of drug-likeness (QED) is 0.488. The minimum absolute atomic E-state index is 0.529. The molecule has 0 N–H and O–H groups in total. The molecule has 0 bridgehead atoms. The molecule has 0 aromatic heterocycles. The second-order valence-electron chi connectivity index (χ2n) is 8.89. The van der Waals surface area contributed by atoms with Crippen LogP contribution in [0.25, 0.3) is 17.2 Å². The predicted octanol–water partition coefficient (Wildman–Crippen LogP) is 7.32. The molecule has 0 nitrogen and oxygen atoms in total. The SMILES string of the molecule is Cc1cc(C)cc(-c2cccc3c2C=C(CC2(C)CCCCC2)[CH]3[Zr])c1. The number of fused-ring (bicyclic) bond motifs is 1. The van der Waals surface area contributed by atoms with Gasteiger partial charge in [0.1, 0.15) is 0 Å². The van der Waals surface area contributed by atoms with Gasteiger partial charge in [-0.25, -0.2) is 0 Å². The van der Waals surface area contributed by atoms with Crippen molar-refractivity contribution in [1.82, 2.24) is 0 Å². The molecule has 2 aliphatic carbocycles. The van der Waals surface area contributed by atoms with Crippen LogP contribution in [-0.4, -0.2) is 0 Å². The van der Waals surface area contributed by atoms with Gasteiger partial charge in [-0.2, -0.15) is 0 Å². The summed E-state index contributed by atoms with van der Waals surface area (Å²) >= 11 is 1.64. The molecule has 2 aromatic carbocycles. The van der Waals surface area contributed by atoms with Gasteiger partial charge in [-0.1, -0.05) is 0 Å². The first-order valence-corrected chi connectivity index (χ1v) is 11.5. The van der Waals surface area contributed by atoms with Gasteiger partial charge in [0.2, 0.25) is 0 Å². The molecule has 133 valence electrons. The van der Waals surface area contributed by atoms with Crippen LogP contribution in [0.5, 0.6) is 0 Å².